The normalized spacial score (nSPS) is 28.1. The Labute approximate surface area is 107 Å². The van der Waals surface area contributed by atoms with E-state index in [4.69, 9.17) is 10.5 Å². The average Bonchev–Trinajstić information content (AvgIpc) is 2.71. The molecule has 2 atom stereocenters. The summed E-state index contributed by atoms with van der Waals surface area (Å²) >= 11 is 0. The van der Waals surface area contributed by atoms with Crippen LogP contribution in [0.4, 0.5) is 0 Å². The van der Waals surface area contributed by atoms with Crippen molar-refractivity contribution in [3.8, 4) is 0 Å². The molecule has 1 saturated heterocycles. The van der Waals surface area contributed by atoms with Gasteiger partial charge in [-0.2, -0.15) is 0 Å². The van der Waals surface area contributed by atoms with Crippen molar-refractivity contribution in [2.75, 3.05) is 13.2 Å². The summed E-state index contributed by atoms with van der Waals surface area (Å²) in [7, 11) is 0. The Balaban J connectivity index is 2.79. The zero-order valence-corrected chi connectivity index (χ0v) is 11.2. The topological polar surface area (TPSA) is 102 Å². The molecule has 0 aromatic heterocycles. The number of carboxylic acids is 1. The molecule has 0 aliphatic carbocycles. The molecule has 1 heterocycles. The van der Waals surface area contributed by atoms with Crippen molar-refractivity contribution in [2.45, 2.75) is 45.2 Å². The molecule has 2 unspecified atom stereocenters. The van der Waals surface area contributed by atoms with Crippen molar-refractivity contribution >= 4 is 11.9 Å². The lowest BCUT2D eigenvalue weighted by molar-refractivity contribution is -0.149. The first-order valence-corrected chi connectivity index (χ1v) is 6.21. The Hall–Kier alpha value is -1.14. The summed E-state index contributed by atoms with van der Waals surface area (Å²) in [5.41, 5.74) is 3.95. The summed E-state index contributed by atoms with van der Waals surface area (Å²) in [6.45, 7) is 5.56. The zero-order valence-electron chi connectivity index (χ0n) is 11.2. The van der Waals surface area contributed by atoms with Gasteiger partial charge >= 0.3 is 5.97 Å². The Bertz CT molecular complexity index is 341. The fraction of sp³-hybridized carbons (Fsp3) is 0.833. The van der Waals surface area contributed by atoms with Crippen molar-refractivity contribution in [3.63, 3.8) is 0 Å². The van der Waals surface area contributed by atoms with E-state index in [0.717, 1.165) is 0 Å². The van der Waals surface area contributed by atoms with Gasteiger partial charge in [0, 0.05) is 0 Å². The Morgan fingerprint density at radius 1 is 1.50 bits per heavy atom. The molecule has 1 rings (SSSR count). The van der Waals surface area contributed by atoms with Crippen LogP contribution < -0.4 is 11.1 Å². The van der Waals surface area contributed by atoms with Crippen LogP contribution in [0.5, 0.6) is 0 Å². The minimum Gasteiger partial charge on any atom is -0.481 e. The highest BCUT2D eigenvalue weighted by molar-refractivity contribution is 5.87. The van der Waals surface area contributed by atoms with E-state index in [1.165, 1.54) is 0 Å². The molecule has 18 heavy (non-hydrogen) atoms. The van der Waals surface area contributed by atoms with Gasteiger partial charge in [0.15, 0.2) is 0 Å². The molecule has 1 aliphatic rings. The number of nitrogens with two attached hydrogens (primary N) is 1. The van der Waals surface area contributed by atoms with Gasteiger partial charge in [-0.3, -0.25) is 9.59 Å². The zero-order chi connectivity index (χ0) is 14.0. The molecular formula is C12H22N2O4. The molecule has 0 bridgehead atoms. The molecule has 0 radical (unpaired) electrons. The van der Waals surface area contributed by atoms with Crippen molar-refractivity contribution in [2.24, 2.45) is 11.1 Å². The first-order valence-electron chi connectivity index (χ1n) is 6.21. The SMILES string of the molecule is CCC(N)(CC)C(=O)NC1COCC1(C)C(=O)O. The Morgan fingerprint density at radius 2 is 2.06 bits per heavy atom. The highest BCUT2D eigenvalue weighted by Gasteiger charge is 2.48. The minimum atomic E-state index is -1.09. The monoisotopic (exact) mass is 258 g/mol. The van der Waals surface area contributed by atoms with E-state index in [1.807, 2.05) is 13.8 Å². The summed E-state index contributed by atoms with van der Waals surface area (Å²) in [4.78, 5) is 23.4. The number of nitrogens with one attached hydrogen (secondary N) is 1. The number of carboxylic acid groups (broad SMARTS) is 1. The van der Waals surface area contributed by atoms with Gasteiger partial charge in [-0.25, -0.2) is 0 Å². The standard InChI is InChI=1S/C12H22N2O4/c1-4-12(13,5-2)9(15)14-8-6-18-7-11(8,3)10(16)17/h8H,4-7,13H2,1-3H3,(H,14,15)(H,16,17). The second-order valence-corrected chi connectivity index (χ2v) is 5.13. The third-order valence-electron chi connectivity index (χ3n) is 3.96. The summed E-state index contributed by atoms with van der Waals surface area (Å²) in [6, 6.07) is -0.538. The van der Waals surface area contributed by atoms with Gasteiger partial charge in [-0.15, -0.1) is 0 Å². The smallest absolute Gasteiger partial charge is 0.313 e. The molecule has 6 nitrogen and oxygen atoms in total. The molecular weight excluding hydrogens is 236 g/mol. The summed E-state index contributed by atoms with van der Waals surface area (Å²) < 4.78 is 5.18. The largest absolute Gasteiger partial charge is 0.481 e. The minimum absolute atomic E-state index is 0.100. The number of carbonyl (C=O) groups excluding carboxylic acids is 1. The fourth-order valence-electron chi connectivity index (χ4n) is 1.96. The van der Waals surface area contributed by atoms with Gasteiger partial charge < -0.3 is 20.9 Å². The van der Waals surface area contributed by atoms with E-state index in [-0.39, 0.29) is 19.1 Å². The quantitative estimate of drug-likeness (QED) is 0.649. The van der Waals surface area contributed by atoms with Crippen LogP contribution in [0.25, 0.3) is 0 Å². The second kappa shape index (κ2) is 5.24. The number of ether oxygens (including phenoxy) is 1. The van der Waals surface area contributed by atoms with Gasteiger partial charge in [0.2, 0.25) is 5.91 Å². The van der Waals surface area contributed by atoms with Gasteiger partial charge in [0.1, 0.15) is 5.41 Å². The van der Waals surface area contributed by atoms with Crippen molar-refractivity contribution in [3.05, 3.63) is 0 Å². The fourth-order valence-corrected chi connectivity index (χ4v) is 1.96. The van der Waals surface area contributed by atoms with E-state index in [9.17, 15) is 14.7 Å². The van der Waals surface area contributed by atoms with Crippen LogP contribution in [-0.2, 0) is 14.3 Å². The number of hydrogen-bond donors (Lipinski definition) is 3. The lowest BCUT2D eigenvalue weighted by Gasteiger charge is -2.31. The average molecular weight is 258 g/mol. The molecule has 4 N–H and O–H groups in total. The molecule has 1 amide bonds. The highest BCUT2D eigenvalue weighted by Crippen LogP contribution is 2.29. The maximum Gasteiger partial charge on any atom is 0.313 e. The first-order chi connectivity index (χ1) is 8.30. The maximum absolute atomic E-state index is 12.1. The molecule has 0 aromatic carbocycles. The molecule has 0 saturated carbocycles. The van der Waals surface area contributed by atoms with Crippen LogP contribution in [-0.4, -0.2) is 41.8 Å². The van der Waals surface area contributed by atoms with Crippen molar-refractivity contribution in [1.82, 2.24) is 5.32 Å². The number of hydrogen-bond acceptors (Lipinski definition) is 4. The third kappa shape index (κ3) is 2.49. The lowest BCUT2D eigenvalue weighted by atomic mass is 9.84. The Morgan fingerprint density at radius 3 is 2.50 bits per heavy atom. The molecule has 104 valence electrons. The molecule has 1 aliphatic heterocycles. The highest BCUT2D eigenvalue weighted by atomic mass is 16.5. The van der Waals surface area contributed by atoms with Gasteiger partial charge in [-0.1, -0.05) is 13.8 Å². The predicted molar refractivity (Wildman–Crippen MR) is 66.0 cm³/mol. The molecule has 0 spiro atoms. The van der Waals surface area contributed by atoms with E-state index < -0.39 is 23.0 Å². The van der Waals surface area contributed by atoms with Crippen LogP contribution in [0.3, 0.4) is 0 Å². The van der Waals surface area contributed by atoms with E-state index in [2.05, 4.69) is 5.32 Å². The van der Waals surface area contributed by atoms with Crippen LogP contribution in [0.1, 0.15) is 33.6 Å². The van der Waals surface area contributed by atoms with Crippen LogP contribution >= 0.6 is 0 Å². The maximum atomic E-state index is 12.1. The lowest BCUT2D eigenvalue weighted by Crippen LogP contribution is -2.59. The first kappa shape index (κ1) is 14.9. The van der Waals surface area contributed by atoms with Crippen LogP contribution in [0.15, 0.2) is 0 Å². The Kier molecular flexibility index (Phi) is 4.34. The molecule has 6 heteroatoms. The van der Waals surface area contributed by atoms with Crippen molar-refractivity contribution < 1.29 is 19.4 Å². The van der Waals surface area contributed by atoms with E-state index in [1.54, 1.807) is 6.92 Å². The molecule has 0 aromatic rings. The summed E-state index contributed by atoms with van der Waals surface area (Å²) in [5, 5.41) is 11.9. The van der Waals surface area contributed by atoms with Gasteiger partial charge in [-0.05, 0) is 19.8 Å². The second-order valence-electron chi connectivity index (χ2n) is 5.13. The number of amides is 1. The third-order valence-corrected chi connectivity index (χ3v) is 3.96. The van der Waals surface area contributed by atoms with Crippen LogP contribution in [0, 0.1) is 5.41 Å². The predicted octanol–water partition coefficient (Wildman–Crippen LogP) is 0.110. The van der Waals surface area contributed by atoms with E-state index in [0.29, 0.717) is 12.8 Å². The number of aliphatic carboxylic acids is 1. The number of rotatable bonds is 5. The van der Waals surface area contributed by atoms with Gasteiger partial charge in [0.05, 0.1) is 24.8 Å². The van der Waals surface area contributed by atoms with Crippen LogP contribution in [0.2, 0.25) is 0 Å². The van der Waals surface area contributed by atoms with Crippen molar-refractivity contribution in [1.29, 1.82) is 0 Å². The summed E-state index contributed by atoms with van der Waals surface area (Å²) in [6.07, 6.45) is 1.01. The van der Waals surface area contributed by atoms with E-state index >= 15 is 0 Å². The summed E-state index contributed by atoms with van der Waals surface area (Å²) in [5.74, 6) is -1.28. The van der Waals surface area contributed by atoms with Gasteiger partial charge in [0.25, 0.3) is 0 Å². The number of carbonyl (C=O) groups is 2. The molecule has 1 fully saturated rings.